The number of primary amides is 1. The normalized spacial score (nSPS) is 15.1. The van der Waals surface area contributed by atoms with Crippen molar-refractivity contribution in [2.75, 3.05) is 0 Å². The number of ether oxygens (including phenoxy) is 1. The number of hydrogen-bond acceptors (Lipinski definition) is 3. The Morgan fingerprint density at radius 1 is 1.91 bits per heavy atom. The van der Waals surface area contributed by atoms with Crippen molar-refractivity contribution in [3.8, 4) is 0 Å². The smallest absolute Gasteiger partial charge is 0.404 e. The first kappa shape index (κ1) is 9.97. The predicted octanol–water partition coefficient (Wildman–Crippen LogP) is 0.407. The van der Waals surface area contributed by atoms with Crippen molar-refractivity contribution >= 4 is 6.09 Å². The summed E-state index contributed by atoms with van der Waals surface area (Å²) in [4.78, 5) is 10.2. The average Bonchev–Trinajstić information content (AvgIpc) is 1.86. The molecule has 4 heteroatoms. The van der Waals surface area contributed by atoms with E-state index in [2.05, 4.69) is 11.3 Å². The van der Waals surface area contributed by atoms with E-state index >= 15 is 0 Å². The van der Waals surface area contributed by atoms with Crippen LogP contribution in [0.3, 0.4) is 0 Å². The third-order valence-electron chi connectivity index (χ3n) is 1.25. The highest BCUT2D eigenvalue weighted by molar-refractivity contribution is 5.64. The highest BCUT2D eigenvalue weighted by atomic mass is 16.6. The Kier molecular flexibility index (Phi) is 4.29. The number of hydrogen-bond donors (Lipinski definition) is 2. The van der Waals surface area contributed by atoms with Gasteiger partial charge in [0, 0.05) is 0 Å². The van der Waals surface area contributed by atoms with Gasteiger partial charge in [-0.3, -0.25) is 0 Å². The summed E-state index contributed by atoms with van der Waals surface area (Å²) in [7, 11) is 0. The van der Waals surface area contributed by atoms with Gasteiger partial charge in [-0.05, 0) is 13.3 Å². The molecule has 3 N–H and O–H groups in total. The molecule has 0 bridgehead atoms. The topological polar surface area (TPSA) is 72.6 Å². The third-order valence-corrected chi connectivity index (χ3v) is 1.25. The van der Waals surface area contributed by atoms with Gasteiger partial charge in [-0.25, -0.2) is 4.79 Å². The number of aliphatic hydroxyl groups excluding tert-OH is 1. The zero-order chi connectivity index (χ0) is 8.85. The Bertz CT molecular complexity index is 147. The molecule has 0 aliphatic heterocycles. The molecule has 2 unspecified atom stereocenters. The molecule has 0 saturated heterocycles. The second-order valence-corrected chi connectivity index (χ2v) is 2.23. The summed E-state index contributed by atoms with van der Waals surface area (Å²) in [5.74, 6) is 0. The molecule has 64 valence electrons. The number of carbonyl (C=O) groups is 1. The molecule has 0 radical (unpaired) electrons. The minimum absolute atomic E-state index is 0.383. The zero-order valence-corrected chi connectivity index (χ0v) is 6.49. The lowest BCUT2D eigenvalue weighted by molar-refractivity contribution is 0.0186. The molecule has 2 atom stereocenters. The van der Waals surface area contributed by atoms with Gasteiger partial charge in [0.15, 0.2) is 0 Å². The first-order valence-electron chi connectivity index (χ1n) is 3.33. The minimum Gasteiger partial charge on any atom is -0.444 e. The Labute approximate surface area is 65.6 Å². The van der Waals surface area contributed by atoms with Crippen molar-refractivity contribution in [2.45, 2.75) is 25.6 Å². The van der Waals surface area contributed by atoms with Crippen LogP contribution in [0.15, 0.2) is 12.7 Å². The van der Waals surface area contributed by atoms with Gasteiger partial charge in [0.05, 0.1) is 6.10 Å². The summed E-state index contributed by atoms with van der Waals surface area (Å²) in [6.07, 6.45) is -0.244. The highest BCUT2D eigenvalue weighted by Gasteiger charge is 2.14. The lowest BCUT2D eigenvalue weighted by atomic mass is 10.1. The lowest BCUT2D eigenvalue weighted by Gasteiger charge is -2.16. The summed E-state index contributed by atoms with van der Waals surface area (Å²) in [6, 6.07) is 0. The van der Waals surface area contributed by atoms with Crippen LogP contribution in [0, 0.1) is 0 Å². The van der Waals surface area contributed by atoms with Crippen LogP contribution in [0.4, 0.5) is 4.79 Å². The van der Waals surface area contributed by atoms with Gasteiger partial charge >= 0.3 is 6.09 Å². The molecule has 0 rings (SSSR count). The molecule has 0 aliphatic rings. The molecule has 0 fully saturated rings. The summed E-state index contributed by atoms with van der Waals surface area (Å²) in [6.45, 7) is 5.00. The third kappa shape index (κ3) is 4.38. The van der Waals surface area contributed by atoms with Crippen LogP contribution in [0.2, 0.25) is 0 Å². The van der Waals surface area contributed by atoms with E-state index in [-0.39, 0.29) is 0 Å². The van der Waals surface area contributed by atoms with Crippen LogP contribution in [-0.4, -0.2) is 23.4 Å². The van der Waals surface area contributed by atoms with Gasteiger partial charge in [-0.1, -0.05) is 6.08 Å². The molecule has 0 spiro atoms. The van der Waals surface area contributed by atoms with E-state index in [0.717, 1.165) is 0 Å². The van der Waals surface area contributed by atoms with Crippen molar-refractivity contribution in [1.29, 1.82) is 0 Å². The molecular weight excluding hydrogens is 146 g/mol. The van der Waals surface area contributed by atoms with E-state index in [1.54, 1.807) is 13.0 Å². The first-order chi connectivity index (χ1) is 5.07. The molecule has 0 heterocycles. The predicted molar refractivity (Wildman–Crippen MR) is 41.0 cm³/mol. The molecular formula is C7H13NO3. The van der Waals surface area contributed by atoms with E-state index in [4.69, 9.17) is 10.8 Å². The molecule has 0 aromatic rings. The number of nitrogens with two attached hydrogens (primary N) is 1. The van der Waals surface area contributed by atoms with Crippen LogP contribution in [-0.2, 0) is 4.74 Å². The van der Waals surface area contributed by atoms with E-state index in [9.17, 15) is 4.79 Å². The van der Waals surface area contributed by atoms with Crippen molar-refractivity contribution in [3.05, 3.63) is 12.7 Å². The molecule has 0 aromatic heterocycles. The second-order valence-electron chi connectivity index (χ2n) is 2.23. The number of amides is 1. The van der Waals surface area contributed by atoms with Gasteiger partial charge in [0.25, 0.3) is 0 Å². The molecule has 0 aliphatic carbocycles. The van der Waals surface area contributed by atoms with E-state index in [1.807, 2.05) is 0 Å². The maximum Gasteiger partial charge on any atom is 0.404 e. The summed E-state index contributed by atoms with van der Waals surface area (Å²) in [5, 5.41) is 9.16. The van der Waals surface area contributed by atoms with Gasteiger partial charge in [0.2, 0.25) is 0 Å². The van der Waals surface area contributed by atoms with E-state index < -0.39 is 18.3 Å². The fourth-order valence-electron chi connectivity index (χ4n) is 0.624. The fourth-order valence-corrected chi connectivity index (χ4v) is 0.624. The quantitative estimate of drug-likeness (QED) is 0.583. The minimum atomic E-state index is -0.874. The zero-order valence-electron chi connectivity index (χ0n) is 6.49. The average molecular weight is 159 g/mol. The number of rotatable bonds is 4. The van der Waals surface area contributed by atoms with Crippen LogP contribution < -0.4 is 5.73 Å². The standard InChI is InChI=1S/C7H13NO3/c1-3-4-6(9)5(2)11-7(8)10/h3,5-6,9H,1,4H2,2H3,(H2,8,10). The summed E-state index contributed by atoms with van der Waals surface area (Å²) < 4.78 is 4.51. The molecule has 1 amide bonds. The summed E-state index contributed by atoms with van der Waals surface area (Å²) >= 11 is 0. The summed E-state index contributed by atoms with van der Waals surface area (Å²) in [5.41, 5.74) is 4.73. The van der Waals surface area contributed by atoms with Crippen molar-refractivity contribution < 1.29 is 14.6 Å². The van der Waals surface area contributed by atoms with Gasteiger partial charge in [-0.2, -0.15) is 0 Å². The Hall–Kier alpha value is -1.03. The van der Waals surface area contributed by atoms with Crippen molar-refractivity contribution in [1.82, 2.24) is 0 Å². The largest absolute Gasteiger partial charge is 0.444 e. The first-order valence-corrected chi connectivity index (χ1v) is 3.33. The van der Waals surface area contributed by atoms with Gasteiger partial charge < -0.3 is 15.6 Å². The molecule has 0 saturated carbocycles. The highest BCUT2D eigenvalue weighted by Crippen LogP contribution is 2.02. The lowest BCUT2D eigenvalue weighted by Crippen LogP contribution is -2.30. The monoisotopic (exact) mass is 159 g/mol. The second kappa shape index (κ2) is 4.73. The maximum atomic E-state index is 10.2. The molecule has 0 aromatic carbocycles. The van der Waals surface area contributed by atoms with E-state index in [0.29, 0.717) is 6.42 Å². The van der Waals surface area contributed by atoms with Crippen LogP contribution in [0.5, 0.6) is 0 Å². The van der Waals surface area contributed by atoms with Crippen LogP contribution in [0.25, 0.3) is 0 Å². The maximum absolute atomic E-state index is 10.2. The Morgan fingerprint density at radius 3 is 2.82 bits per heavy atom. The SMILES string of the molecule is C=CCC(O)C(C)OC(N)=O. The van der Waals surface area contributed by atoms with Crippen LogP contribution >= 0.6 is 0 Å². The van der Waals surface area contributed by atoms with Crippen LogP contribution in [0.1, 0.15) is 13.3 Å². The van der Waals surface area contributed by atoms with Crippen molar-refractivity contribution in [3.63, 3.8) is 0 Å². The van der Waals surface area contributed by atoms with Gasteiger partial charge in [-0.15, -0.1) is 6.58 Å². The Balaban J connectivity index is 3.71. The van der Waals surface area contributed by atoms with E-state index in [1.165, 1.54) is 0 Å². The number of carbonyl (C=O) groups excluding carboxylic acids is 1. The van der Waals surface area contributed by atoms with Gasteiger partial charge in [0.1, 0.15) is 6.10 Å². The molecule has 4 nitrogen and oxygen atoms in total. The van der Waals surface area contributed by atoms with Crippen molar-refractivity contribution in [2.24, 2.45) is 5.73 Å². The molecule has 11 heavy (non-hydrogen) atoms. The Morgan fingerprint density at radius 2 is 2.45 bits per heavy atom. The fraction of sp³-hybridized carbons (Fsp3) is 0.571. The number of aliphatic hydroxyl groups is 1.